The van der Waals surface area contributed by atoms with Crippen molar-refractivity contribution >= 4 is 28.6 Å². The minimum atomic E-state index is -0.540. The van der Waals surface area contributed by atoms with E-state index in [1.165, 1.54) is 6.08 Å². The van der Waals surface area contributed by atoms with Gasteiger partial charge in [0.15, 0.2) is 17.1 Å². The molecular weight excluding hydrogens is 480 g/mol. The van der Waals surface area contributed by atoms with E-state index in [0.717, 1.165) is 11.1 Å². The fourth-order valence-electron chi connectivity index (χ4n) is 4.01. The number of ether oxygens (including phenoxy) is 2. The van der Waals surface area contributed by atoms with E-state index < -0.39 is 5.91 Å². The Hall–Kier alpha value is -5.29. The van der Waals surface area contributed by atoms with Crippen LogP contribution in [0.4, 0.5) is 5.69 Å². The molecule has 2 heterocycles. The number of anilines is 1. The number of nitriles is 1. The summed E-state index contributed by atoms with van der Waals surface area (Å²) in [5, 5.41) is 18.2. The molecule has 5 rings (SSSR count). The molecule has 0 radical (unpaired) electrons. The molecule has 0 aliphatic carbocycles. The molecule has 0 aliphatic heterocycles. The third-order valence-corrected chi connectivity index (χ3v) is 5.81. The highest BCUT2D eigenvalue weighted by atomic mass is 16.5. The second kappa shape index (κ2) is 10.8. The monoisotopic (exact) mass is 504 g/mol. The van der Waals surface area contributed by atoms with Crippen LogP contribution in [0.25, 0.3) is 34.2 Å². The summed E-state index contributed by atoms with van der Waals surface area (Å²) in [7, 11) is 1.58. The number of carbonyl (C=O) groups excluding carboxylic acids is 1. The maximum absolute atomic E-state index is 13.0. The van der Waals surface area contributed by atoms with Gasteiger partial charge in [0, 0.05) is 22.8 Å². The number of benzene rings is 3. The summed E-state index contributed by atoms with van der Waals surface area (Å²) in [6.45, 7) is 2.44. The lowest BCUT2D eigenvalue weighted by molar-refractivity contribution is -0.112. The summed E-state index contributed by atoms with van der Waals surface area (Å²) in [6, 6.07) is 26.0. The van der Waals surface area contributed by atoms with Crippen molar-refractivity contribution in [2.75, 3.05) is 19.0 Å². The molecule has 8 nitrogen and oxygen atoms in total. The molecule has 2 aromatic heterocycles. The van der Waals surface area contributed by atoms with Crippen molar-refractivity contribution in [1.29, 1.82) is 5.26 Å². The van der Waals surface area contributed by atoms with Crippen LogP contribution in [0, 0.1) is 11.3 Å². The van der Waals surface area contributed by atoms with E-state index in [0.29, 0.717) is 46.4 Å². The van der Waals surface area contributed by atoms with E-state index >= 15 is 0 Å². The van der Waals surface area contributed by atoms with Crippen LogP contribution >= 0.6 is 0 Å². The van der Waals surface area contributed by atoms with E-state index in [1.54, 1.807) is 42.3 Å². The van der Waals surface area contributed by atoms with Crippen molar-refractivity contribution in [2.45, 2.75) is 6.92 Å². The van der Waals surface area contributed by atoms with E-state index in [1.807, 2.05) is 67.6 Å². The van der Waals surface area contributed by atoms with Crippen molar-refractivity contribution in [3.8, 4) is 34.7 Å². The van der Waals surface area contributed by atoms with Crippen LogP contribution in [0.2, 0.25) is 0 Å². The fraction of sp³-hybridized carbons (Fsp3) is 0.100. The smallest absolute Gasteiger partial charge is 0.266 e. The number of nitrogens with zero attached hydrogens (tertiary/aromatic N) is 3. The van der Waals surface area contributed by atoms with Crippen molar-refractivity contribution < 1.29 is 18.7 Å². The summed E-state index contributed by atoms with van der Waals surface area (Å²) in [6.07, 6.45) is 3.27. The Balaban J connectivity index is 1.54. The highest BCUT2D eigenvalue weighted by Crippen LogP contribution is 2.35. The molecule has 0 fully saturated rings. The average molecular weight is 505 g/mol. The molecule has 0 atom stereocenters. The molecule has 3 aromatic carbocycles. The van der Waals surface area contributed by atoms with Gasteiger partial charge in [0.25, 0.3) is 5.91 Å². The first-order valence-corrected chi connectivity index (χ1v) is 12.0. The topological polar surface area (TPSA) is 102 Å². The molecule has 0 bridgehead atoms. The zero-order chi connectivity index (χ0) is 26.5. The molecule has 0 saturated heterocycles. The lowest BCUT2D eigenvalue weighted by atomic mass is 10.1. The number of aromatic nitrogens is 2. The van der Waals surface area contributed by atoms with Crippen LogP contribution in [0.15, 0.2) is 95.0 Å². The van der Waals surface area contributed by atoms with E-state index in [2.05, 4.69) is 5.32 Å². The third-order valence-electron chi connectivity index (χ3n) is 5.81. The average Bonchev–Trinajstić information content (AvgIpc) is 3.57. The molecule has 5 aromatic rings. The van der Waals surface area contributed by atoms with Crippen LogP contribution in [0.1, 0.15) is 12.5 Å². The minimum absolute atomic E-state index is 0.0820. The van der Waals surface area contributed by atoms with Gasteiger partial charge in [-0.25, -0.2) is 4.68 Å². The highest BCUT2D eigenvalue weighted by molar-refractivity contribution is 6.10. The quantitative estimate of drug-likeness (QED) is 0.198. The van der Waals surface area contributed by atoms with E-state index in [9.17, 15) is 10.1 Å². The van der Waals surface area contributed by atoms with Gasteiger partial charge in [-0.15, -0.1) is 0 Å². The summed E-state index contributed by atoms with van der Waals surface area (Å²) < 4.78 is 18.7. The SMILES string of the molecule is CCOc1ccc(NC(=O)/C(C#N)=C\c2cn(-c3ccccc3)nc2-c2cc3cccc(OC)c3o2)cc1. The molecule has 1 amide bonds. The summed E-state index contributed by atoms with van der Waals surface area (Å²) >= 11 is 0. The number of methoxy groups -OCH3 is 1. The molecular formula is C30H24N4O4. The fourth-order valence-corrected chi connectivity index (χ4v) is 4.01. The Bertz CT molecular complexity index is 1660. The first kappa shape index (κ1) is 24.4. The largest absolute Gasteiger partial charge is 0.494 e. The van der Waals surface area contributed by atoms with Crippen LogP contribution in [-0.2, 0) is 4.79 Å². The molecule has 0 saturated carbocycles. The van der Waals surface area contributed by atoms with E-state index in [4.69, 9.17) is 19.0 Å². The van der Waals surface area contributed by atoms with Crippen molar-refractivity contribution in [1.82, 2.24) is 9.78 Å². The molecule has 8 heteroatoms. The van der Waals surface area contributed by atoms with Gasteiger partial charge in [0.2, 0.25) is 0 Å². The Kier molecular flexibility index (Phi) is 6.91. The van der Waals surface area contributed by atoms with Gasteiger partial charge < -0.3 is 19.2 Å². The number of para-hydroxylation sites is 2. The van der Waals surface area contributed by atoms with Crippen LogP contribution in [-0.4, -0.2) is 29.4 Å². The molecule has 1 N–H and O–H groups in total. The summed E-state index contributed by atoms with van der Waals surface area (Å²) in [4.78, 5) is 13.0. The predicted molar refractivity (Wildman–Crippen MR) is 145 cm³/mol. The number of furan rings is 1. The summed E-state index contributed by atoms with van der Waals surface area (Å²) in [5.41, 5.74) is 2.90. The molecule has 0 spiro atoms. The first-order valence-electron chi connectivity index (χ1n) is 12.0. The van der Waals surface area contributed by atoms with Crippen LogP contribution in [0.5, 0.6) is 11.5 Å². The number of carbonyl (C=O) groups is 1. The van der Waals surface area contributed by atoms with Gasteiger partial charge in [-0.1, -0.05) is 30.3 Å². The van der Waals surface area contributed by atoms with Crippen LogP contribution < -0.4 is 14.8 Å². The minimum Gasteiger partial charge on any atom is -0.494 e. The number of hydrogen-bond acceptors (Lipinski definition) is 6. The second-order valence-corrected chi connectivity index (χ2v) is 8.28. The predicted octanol–water partition coefficient (Wildman–Crippen LogP) is 6.24. The first-order chi connectivity index (χ1) is 18.6. The standard InChI is InChI=1S/C30H24N4O4/c1-3-37-25-14-12-23(13-15-25)32-30(35)21(18-31)16-22-19-34(24-9-5-4-6-10-24)33-28(22)27-17-20-8-7-11-26(36-2)29(20)38-27/h4-17,19H,3H2,1-2H3,(H,32,35)/b21-16-. The number of rotatable bonds is 8. The zero-order valence-electron chi connectivity index (χ0n) is 20.8. The van der Waals surface area contributed by atoms with Gasteiger partial charge in [-0.3, -0.25) is 4.79 Å². The maximum Gasteiger partial charge on any atom is 0.266 e. The lowest BCUT2D eigenvalue weighted by Gasteiger charge is -2.06. The van der Waals surface area contributed by atoms with Crippen molar-refractivity contribution in [2.24, 2.45) is 0 Å². The maximum atomic E-state index is 13.0. The van der Waals surface area contributed by atoms with Crippen LogP contribution in [0.3, 0.4) is 0 Å². The molecule has 188 valence electrons. The lowest BCUT2D eigenvalue weighted by Crippen LogP contribution is -2.13. The van der Waals surface area contributed by atoms with Crippen molar-refractivity contribution in [3.05, 3.63) is 96.2 Å². The normalized spacial score (nSPS) is 11.2. The van der Waals surface area contributed by atoms with Gasteiger partial charge in [0.1, 0.15) is 23.1 Å². The Morgan fingerprint density at radius 3 is 2.61 bits per heavy atom. The number of nitrogens with one attached hydrogen (secondary N) is 1. The number of hydrogen-bond donors (Lipinski definition) is 1. The molecule has 0 unspecified atom stereocenters. The third kappa shape index (κ3) is 4.99. The Morgan fingerprint density at radius 2 is 1.89 bits per heavy atom. The highest BCUT2D eigenvalue weighted by Gasteiger charge is 2.19. The Morgan fingerprint density at radius 1 is 1.11 bits per heavy atom. The Labute approximate surface area is 219 Å². The number of fused-ring (bicyclic) bond motifs is 1. The van der Waals surface area contributed by atoms with Gasteiger partial charge in [-0.05, 0) is 61.5 Å². The number of amides is 1. The van der Waals surface area contributed by atoms with Crippen molar-refractivity contribution in [3.63, 3.8) is 0 Å². The van der Waals surface area contributed by atoms with Gasteiger partial charge >= 0.3 is 0 Å². The second-order valence-electron chi connectivity index (χ2n) is 8.28. The summed E-state index contributed by atoms with van der Waals surface area (Å²) in [5.74, 6) is 1.23. The van der Waals surface area contributed by atoms with Gasteiger partial charge in [0.05, 0.1) is 19.4 Å². The van der Waals surface area contributed by atoms with Gasteiger partial charge in [-0.2, -0.15) is 10.4 Å². The molecule has 38 heavy (non-hydrogen) atoms. The molecule has 0 aliphatic rings. The zero-order valence-corrected chi connectivity index (χ0v) is 20.8. The van der Waals surface area contributed by atoms with E-state index in [-0.39, 0.29) is 5.57 Å².